The SMILES string of the molecule is CCc1nc(C)c(C(=O)O)c(SCCCC2CCCO2)n1. The number of aryl methyl sites for hydroxylation is 2. The Morgan fingerprint density at radius 3 is 2.90 bits per heavy atom. The summed E-state index contributed by atoms with van der Waals surface area (Å²) < 4.78 is 5.59. The number of hydrogen-bond acceptors (Lipinski definition) is 5. The van der Waals surface area contributed by atoms with Crippen LogP contribution in [0.3, 0.4) is 0 Å². The van der Waals surface area contributed by atoms with Gasteiger partial charge in [-0.15, -0.1) is 11.8 Å². The standard InChI is InChI=1S/C15H22N2O3S/c1-3-12-16-10(2)13(15(18)19)14(17-12)21-9-5-7-11-6-4-8-20-11/h11H,3-9H2,1-2H3,(H,18,19). The molecule has 1 saturated heterocycles. The van der Waals surface area contributed by atoms with Gasteiger partial charge in [-0.1, -0.05) is 6.92 Å². The molecule has 0 radical (unpaired) electrons. The topological polar surface area (TPSA) is 72.3 Å². The van der Waals surface area contributed by atoms with Crippen molar-refractivity contribution in [2.45, 2.75) is 57.1 Å². The van der Waals surface area contributed by atoms with E-state index in [1.165, 1.54) is 11.8 Å². The van der Waals surface area contributed by atoms with Crippen LogP contribution in [0.25, 0.3) is 0 Å². The Labute approximate surface area is 129 Å². The normalized spacial score (nSPS) is 18.1. The van der Waals surface area contributed by atoms with E-state index >= 15 is 0 Å². The van der Waals surface area contributed by atoms with Crippen LogP contribution in [0.4, 0.5) is 0 Å². The average molecular weight is 310 g/mol. The van der Waals surface area contributed by atoms with E-state index in [0.717, 1.165) is 38.0 Å². The summed E-state index contributed by atoms with van der Waals surface area (Å²) in [6.45, 7) is 4.59. The molecular weight excluding hydrogens is 288 g/mol. The Kier molecular flexibility index (Phi) is 5.99. The summed E-state index contributed by atoms with van der Waals surface area (Å²) >= 11 is 1.51. The molecule has 6 heteroatoms. The van der Waals surface area contributed by atoms with Gasteiger partial charge in [0.15, 0.2) is 0 Å². The minimum atomic E-state index is -0.947. The summed E-state index contributed by atoms with van der Waals surface area (Å²) in [6.07, 6.45) is 5.47. The molecule has 0 spiro atoms. The van der Waals surface area contributed by atoms with Gasteiger partial charge in [0.2, 0.25) is 0 Å². The first-order valence-corrected chi connectivity index (χ1v) is 8.45. The van der Waals surface area contributed by atoms with Crippen LogP contribution in [0.2, 0.25) is 0 Å². The quantitative estimate of drug-likeness (QED) is 0.474. The molecule has 5 nitrogen and oxygen atoms in total. The van der Waals surface area contributed by atoms with Crippen LogP contribution in [-0.2, 0) is 11.2 Å². The van der Waals surface area contributed by atoms with Crippen LogP contribution in [-0.4, -0.2) is 39.5 Å². The van der Waals surface area contributed by atoms with Crippen LogP contribution < -0.4 is 0 Å². The third-order valence-electron chi connectivity index (χ3n) is 3.57. The summed E-state index contributed by atoms with van der Waals surface area (Å²) in [5.41, 5.74) is 0.797. The summed E-state index contributed by atoms with van der Waals surface area (Å²) in [4.78, 5) is 20.0. The Morgan fingerprint density at radius 2 is 2.29 bits per heavy atom. The number of rotatable bonds is 7. The van der Waals surface area contributed by atoms with Crippen molar-refractivity contribution in [3.8, 4) is 0 Å². The molecule has 1 atom stereocenters. The number of carboxylic acids is 1. The number of aromatic nitrogens is 2. The molecule has 21 heavy (non-hydrogen) atoms. The molecule has 1 unspecified atom stereocenters. The third kappa shape index (κ3) is 4.41. The first-order valence-electron chi connectivity index (χ1n) is 7.47. The fraction of sp³-hybridized carbons (Fsp3) is 0.667. The zero-order valence-electron chi connectivity index (χ0n) is 12.6. The van der Waals surface area contributed by atoms with E-state index in [4.69, 9.17) is 4.74 Å². The molecule has 1 fully saturated rings. The maximum atomic E-state index is 11.4. The van der Waals surface area contributed by atoms with Crippen molar-refractivity contribution in [3.05, 3.63) is 17.1 Å². The number of thioether (sulfide) groups is 1. The van der Waals surface area contributed by atoms with E-state index in [9.17, 15) is 9.90 Å². The molecule has 0 amide bonds. The van der Waals surface area contributed by atoms with E-state index in [1.807, 2.05) is 6.92 Å². The van der Waals surface area contributed by atoms with Crippen LogP contribution in [0, 0.1) is 6.92 Å². The van der Waals surface area contributed by atoms with Gasteiger partial charge in [-0.2, -0.15) is 0 Å². The highest BCUT2D eigenvalue weighted by molar-refractivity contribution is 7.99. The van der Waals surface area contributed by atoms with Gasteiger partial charge < -0.3 is 9.84 Å². The van der Waals surface area contributed by atoms with Gasteiger partial charge in [-0.25, -0.2) is 14.8 Å². The van der Waals surface area contributed by atoms with Gasteiger partial charge in [-0.3, -0.25) is 0 Å². The summed E-state index contributed by atoms with van der Waals surface area (Å²) in [7, 11) is 0. The van der Waals surface area contributed by atoms with Crippen molar-refractivity contribution < 1.29 is 14.6 Å². The van der Waals surface area contributed by atoms with Crippen molar-refractivity contribution in [1.82, 2.24) is 9.97 Å². The molecule has 1 aliphatic heterocycles. The molecule has 1 aromatic heterocycles. The molecule has 1 aromatic rings. The van der Waals surface area contributed by atoms with E-state index < -0.39 is 5.97 Å². The van der Waals surface area contributed by atoms with Gasteiger partial charge in [0.1, 0.15) is 16.4 Å². The number of hydrogen-bond donors (Lipinski definition) is 1. The predicted molar refractivity (Wildman–Crippen MR) is 82.0 cm³/mol. The van der Waals surface area contributed by atoms with Crippen LogP contribution in [0.5, 0.6) is 0 Å². The minimum Gasteiger partial charge on any atom is -0.478 e. The zero-order chi connectivity index (χ0) is 15.2. The maximum Gasteiger partial charge on any atom is 0.340 e. The Bertz CT molecular complexity index is 502. The largest absolute Gasteiger partial charge is 0.478 e. The molecule has 1 N–H and O–H groups in total. The predicted octanol–water partition coefficient (Wildman–Crippen LogP) is 3.10. The number of aromatic carboxylic acids is 1. The van der Waals surface area contributed by atoms with Gasteiger partial charge in [0.25, 0.3) is 0 Å². The lowest BCUT2D eigenvalue weighted by Crippen LogP contribution is -2.10. The fourth-order valence-corrected chi connectivity index (χ4v) is 3.52. The zero-order valence-corrected chi connectivity index (χ0v) is 13.4. The second-order valence-corrected chi connectivity index (χ2v) is 6.27. The lowest BCUT2D eigenvalue weighted by molar-refractivity contribution is 0.0690. The number of ether oxygens (including phenoxy) is 1. The van der Waals surface area contributed by atoms with E-state index in [2.05, 4.69) is 9.97 Å². The highest BCUT2D eigenvalue weighted by Crippen LogP contribution is 2.25. The van der Waals surface area contributed by atoms with Crippen LogP contribution >= 0.6 is 11.8 Å². The van der Waals surface area contributed by atoms with Crippen molar-refractivity contribution in [2.75, 3.05) is 12.4 Å². The molecule has 1 aliphatic rings. The monoisotopic (exact) mass is 310 g/mol. The van der Waals surface area contributed by atoms with Gasteiger partial charge in [-0.05, 0) is 38.4 Å². The lowest BCUT2D eigenvalue weighted by atomic mass is 10.1. The highest BCUT2D eigenvalue weighted by atomic mass is 32.2. The van der Waals surface area contributed by atoms with Crippen molar-refractivity contribution in [1.29, 1.82) is 0 Å². The van der Waals surface area contributed by atoms with E-state index in [-0.39, 0.29) is 5.56 Å². The van der Waals surface area contributed by atoms with Gasteiger partial charge >= 0.3 is 5.97 Å². The van der Waals surface area contributed by atoms with Crippen molar-refractivity contribution >= 4 is 17.7 Å². The van der Waals surface area contributed by atoms with Crippen LogP contribution in [0.1, 0.15) is 54.5 Å². The summed E-state index contributed by atoms with van der Waals surface area (Å²) in [5.74, 6) is 0.621. The lowest BCUT2D eigenvalue weighted by Gasteiger charge is -2.11. The Balaban J connectivity index is 1.96. The van der Waals surface area contributed by atoms with E-state index in [0.29, 0.717) is 29.1 Å². The Morgan fingerprint density at radius 1 is 1.48 bits per heavy atom. The van der Waals surface area contributed by atoms with Crippen molar-refractivity contribution in [2.24, 2.45) is 0 Å². The average Bonchev–Trinajstić information content (AvgIpc) is 2.95. The summed E-state index contributed by atoms with van der Waals surface area (Å²) in [5, 5.41) is 9.92. The molecular formula is C15H22N2O3S. The van der Waals surface area contributed by atoms with E-state index in [1.54, 1.807) is 6.92 Å². The highest BCUT2D eigenvalue weighted by Gasteiger charge is 2.19. The second kappa shape index (κ2) is 7.75. The first kappa shape index (κ1) is 16.2. The maximum absolute atomic E-state index is 11.4. The molecule has 2 heterocycles. The fourth-order valence-electron chi connectivity index (χ4n) is 2.46. The molecule has 2 rings (SSSR count). The summed E-state index contributed by atoms with van der Waals surface area (Å²) in [6, 6.07) is 0. The van der Waals surface area contributed by atoms with Gasteiger partial charge in [0.05, 0.1) is 11.8 Å². The van der Waals surface area contributed by atoms with Crippen molar-refractivity contribution in [3.63, 3.8) is 0 Å². The second-order valence-electron chi connectivity index (χ2n) is 5.19. The Hall–Kier alpha value is -1.14. The molecule has 0 aromatic carbocycles. The first-order chi connectivity index (χ1) is 10.1. The third-order valence-corrected chi connectivity index (χ3v) is 4.63. The molecule has 0 aliphatic carbocycles. The number of carbonyl (C=O) groups is 1. The smallest absolute Gasteiger partial charge is 0.340 e. The molecule has 116 valence electrons. The van der Waals surface area contributed by atoms with Crippen LogP contribution in [0.15, 0.2) is 5.03 Å². The molecule has 0 bridgehead atoms. The van der Waals surface area contributed by atoms with Gasteiger partial charge in [0, 0.05) is 13.0 Å². The molecule has 0 saturated carbocycles. The minimum absolute atomic E-state index is 0.245. The number of carboxylic acid groups (broad SMARTS) is 1. The number of nitrogens with zero attached hydrogens (tertiary/aromatic N) is 2.